The van der Waals surface area contributed by atoms with Crippen molar-refractivity contribution < 1.29 is 9.53 Å². The summed E-state index contributed by atoms with van der Waals surface area (Å²) in [5.74, 6) is 1.47. The molecule has 0 amide bonds. The molecule has 0 aliphatic rings. The molecule has 0 bridgehead atoms. The second-order valence-electron chi connectivity index (χ2n) is 6.71. The molecule has 4 rings (SSSR count). The maximum absolute atomic E-state index is 13.0. The number of hydrogen-bond donors (Lipinski definition) is 0. The van der Waals surface area contributed by atoms with Crippen molar-refractivity contribution in [3.05, 3.63) is 83.1 Å². The number of nitrogens with zero attached hydrogens (tertiary/aromatic N) is 4. The zero-order valence-corrected chi connectivity index (χ0v) is 19.3. The van der Waals surface area contributed by atoms with Crippen molar-refractivity contribution in [2.24, 2.45) is 0 Å². The number of carbonyl (C=O) groups excluding carboxylic acids is 1. The standard InChI is InChI=1S/C23H19BrN4O2S/c1-15(21(29)16-3-5-18(24)6-4-16)31-23-27-26-22(17-11-13-25-14-12-17)28(23)19-7-9-20(30-2)10-8-19/h3-15H,1-2H3. The zero-order valence-electron chi connectivity index (χ0n) is 16.9. The third kappa shape index (κ3) is 4.70. The number of pyridine rings is 1. The Bertz CT molecular complexity index is 1180. The van der Waals surface area contributed by atoms with Gasteiger partial charge in [-0.05, 0) is 55.5 Å². The lowest BCUT2D eigenvalue weighted by Gasteiger charge is -2.14. The number of carbonyl (C=O) groups is 1. The van der Waals surface area contributed by atoms with Gasteiger partial charge in [0.05, 0.1) is 12.4 Å². The SMILES string of the molecule is COc1ccc(-n2c(SC(C)C(=O)c3ccc(Br)cc3)nnc2-c2ccncc2)cc1. The molecule has 31 heavy (non-hydrogen) atoms. The number of rotatable bonds is 7. The number of halogens is 1. The summed E-state index contributed by atoms with van der Waals surface area (Å²) in [4.78, 5) is 17.0. The Kier molecular flexibility index (Phi) is 6.48. The van der Waals surface area contributed by atoms with Crippen molar-refractivity contribution in [2.45, 2.75) is 17.3 Å². The van der Waals surface area contributed by atoms with Gasteiger partial charge in [0.1, 0.15) is 5.75 Å². The molecule has 1 atom stereocenters. The Labute approximate surface area is 192 Å². The van der Waals surface area contributed by atoms with E-state index in [0.29, 0.717) is 16.5 Å². The van der Waals surface area contributed by atoms with Crippen molar-refractivity contribution in [2.75, 3.05) is 7.11 Å². The Morgan fingerprint density at radius 2 is 1.68 bits per heavy atom. The maximum Gasteiger partial charge on any atom is 0.196 e. The summed E-state index contributed by atoms with van der Waals surface area (Å²) >= 11 is 4.78. The van der Waals surface area contributed by atoms with E-state index >= 15 is 0 Å². The molecule has 8 heteroatoms. The van der Waals surface area contributed by atoms with Crippen LogP contribution in [0.4, 0.5) is 0 Å². The van der Waals surface area contributed by atoms with Crippen LogP contribution in [0.2, 0.25) is 0 Å². The molecule has 6 nitrogen and oxygen atoms in total. The summed E-state index contributed by atoms with van der Waals surface area (Å²) in [5.41, 5.74) is 2.42. The minimum atomic E-state index is -0.340. The van der Waals surface area contributed by atoms with Crippen LogP contribution in [0.1, 0.15) is 17.3 Å². The highest BCUT2D eigenvalue weighted by Crippen LogP contribution is 2.31. The minimum Gasteiger partial charge on any atom is -0.497 e. The molecular formula is C23H19BrN4O2S. The van der Waals surface area contributed by atoms with Gasteiger partial charge in [-0.2, -0.15) is 0 Å². The number of Topliss-reactive ketones (excluding diaryl/α,β-unsaturated/α-hetero) is 1. The van der Waals surface area contributed by atoms with Crippen LogP contribution in [-0.4, -0.2) is 37.9 Å². The molecule has 0 fully saturated rings. The predicted octanol–water partition coefficient (Wildman–Crippen LogP) is 5.46. The van der Waals surface area contributed by atoms with E-state index in [2.05, 4.69) is 31.1 Å². The van der Waals surface area contributed by atoms with E-state index in [1.54, 1.807) is 19.5 Å². The largest absolute Gasteiger partial charge is 0.497 e. The van der Waals surface area contributed by atoms with Crippen LogP contribution in [0.25, 0.3) is 17.1 Å². The Balaban J connectivity index is 1.70. The quantitative estimate of drug-likeness (QED) is 0.250. The first-order chi connectivity index (χ1) is 15.1. The molecule has 1 unspecified atom stereocenters. The van der Waals surface area contributed by atoms with Crippen LogP contribution >= 0.6 is 27.7 Å². The molecule has 2 heterocycles. The topological polar surface area (TPSA) is 69.9 Å². The smallest absolute Gasteiger partial charge is 0.196 e. The zero-order chi connectivity index (χ0) is 21.8. The molecule has 0 N–H and O–H groups in total. The number of ketones is 1. The fourth-order valence-electron chi connectivity index (χ4n) is 3.06. The molecule has 2 aromatic carbocycles. The third-order valence-corrected chi connectivity index (χ3v) is 6.25. The molecule has 0 aliphatic heterocycles. The average molecular weight is 495 g/mol. The minimum absolute atomic E-state index is 0.0345. The number of methoxy groups -OCH3 is 1. The molecular weight excluding hydrogens is 476 g/mol. The predicted molar refractivity (Wildman–Crippen MR) is 125 cm³/mol. The molecule has 0 radical (unpaired) electrons. The van der Waals surface area contributed by atoms with E-state index in [-0.39, 0.29) is 11.0 Å². The first kappa shape index (κ1) is 21.3. The normalized spacial score (nSPS) is 11.8. The van der Waals surface area contributed by atoms with Crippen molar-refractivity contribution in [1.29, 1.82) is 0 Å². The number of hydrogen-bond acceptors (Lipinski definition) is 6. The lowest BCUT2D eigenvalue weighted by atomic mass is 10.1. The highest BCUT2D eigenvalue weighted by atomic mass is 79.9. The number of benzene rings is 2. The average Bonchev–Trinajstić information content (AvgIpc) is 3.23. The molecule has 156 valence electrons. The van der Waals surface area contributed by atoms with E-state index in [4.69, 9.17) is 4.74 Å². The fourth-order valence-corrected chi connectivity index (χ4v) is 4.27. The van der Waals surface area contributed by atoms with Crippen molar-refractivity contribution in [3.63, 3.8) is 0 Å². The summed E-state index contributed by atoms with van der Waals surface area (Å²) in [7, 11) is 1.63. The van der Waals surface area contributed by atoms with Gasteiger partial charge in [-0.1, -0.05) is 39.8 Å². The number of ether oxygens (including phenoxy) is 1. The molecule has 0 spiro atoms. The lowest BCUT2D eigenvalue weighted by Crippen LogP contribution is -2.14. The summed E-state index contributed by atoms with van der Waals surface area (Å²) in [6.45, 7) is 1.88. The summed E-state index contributed by atoms with van der Waals surface area (Å²) in [6, 6.07) is 18.8. The number of thioether (sulfide) groups is 1. The van der Waals surface area contributed by atoms with Crippen LogP contribution in [0, 0.1) is 0 Å². The van der Waals surface area contributed by atoms with Gasteiger partial charge in [-0.3, -0.25) is 14.3 Å². The lowest BCUT2D eigenvalue weighted by molar-refractivity contribution is 0.0994. The van der Waals surface area contributed by atoms with Gasteiger partial charge in [0, 0.05) is 33.7 Å². The Hall–Kier alpha value is -2.97. The first-order valence-electron chi connectivity index (χ1n) is 9.53. The van der Waals surface area contributed by atoms with Gasteiger partial charge in [0.25, 0.3) is 0 Å². The number of aromatic nitrogens is 4. The van der Waals surface area contributed by atoms with E-state index in [0.717, 1.165) is 21.5 Å². The van der Waals surface area contributed by atoms with Gasteiger partial charge < -0.3 is 4.74 Å². The van der Waals surface area contributed by atoms with Crippen LogP contribution in [0.15, 0.2) is 82.7 Å². The first-order valence-corrected chi connectivity index (χ1v) is 11.2. The fraction of sp³-hybridized carbons (Fsp3) is 0.130. The Morgan fingerprint density at radius 3 is 2.32 bits per heavy atom. The van der Waals surface area contributed by atoms with Crippen molar-refractivity contribution in [1.82, 2.24) is 19.7 Å². The van der Waals surface area contributed by atoms with Gasteiger partial charge in [-0.15, -0.1) is 10.2 Å². The second-order valence-corrected chi connectivity index (χ2v) is 8.93. The van der Waals surface area contributed by atoms with Crippen LogP contribution in [0.3, 0.4) is 0 Å². The Morgan fingerprint density at radius 1 is 1.00 bits per heavy atom. The molecule has 0 aliphatic carbocycles. The summed E-state index contributed by atoms with van der Waals surface area (Å²) in [6.07, 6.45) is 3.43. The highest BCUT2D eigenvalue weighted by molar-refractivity contribution is 9.10. The van der Waals surface area contributed by atoms with Gasteiger partial charge in [0.2, 0.25) is 0 Å². The van der Waals surface area contributed by atoms with Crippen LogP contribution < -0.4 is 4.74 Å². The van der Waals surface area contributed by atoms with Crippen molar-refractivity contribution >= 4 is 33.5 Å². The molecule has 0 saturated heterocycles. The summed E-state index contributed by atoms with van der Waals surface area (Å²) < 4.78 is 8.17. The van der Waals surface area contributed by atoms with E-state index in [9.17, 15) is 4.79 Å². The molecule has 2 aromatic heterocycles. The molecule has 4 aromatic rings. The van der Waals surface area contributed by atoms with E-state index < -0.39 is 0 Å². The second kappa shape index (κ2) is 9.45. The van der Waals surface area contributed by atoms with Gasteiger partial charge in [-0.25, -0.2) is 0 Å². The van der Waals surface area contributed by atoms with Gasteiger partial charge >= 0.3 is 0 Å². The van der Waals surface area contributed by atoms with Crippen LogP contribution in [0.5, 0.6) is 5.75 Å². The van der Waals surface area contributed by atoms with Gasteiger partial charge in [0.15, 0.2) is 16.8 Å². The molecule has 0 saturated carbocycles. The van der Waals surface area contributed by atoms with Crippen LogP contribution in [-0.2, 0) is 0 Å². The maximum atomic E-state index is 13.0. The van der Waals surface area contributed by atoms with E-state index in [1.807, 2.05) is 72.2 Å². The van der Waals surface area contributed by atoms with Crippen molar-refractivity contribution in [3.8, 4) is 22.8 Å². The summed E-state index contributed by atoms with van der Waals surface area (Å²) in [5, 5.41) is 9.12. The third-order valence-electron chi connectivity index (χ3n) is 4.68. The highest BCUT2D eigenvalue weighted by Gasteiger charge is 2.22. The van der Waals surface area contributed by atoms with E-state index in [1.165, 1.54) is 11.8 Å². The monoisotopic (exact) mass is 494 g/mol.